The molecule has 0 aliphatic heterocycles. The summed E-state index contributed by atoms with van der Waals surface area (Å²) < 4.78 is 11.3. The minimum Gasteiger partial charge on any atom is -0.464 e. The van der Waals surface area contributed by atoms with E-state index in [4.69, 9.17) is 9.15 Å². The van der Waals surface area contributed by atoms with Crippen molar-refractivity contribution in [3.8, 4) is 0 Å². The van der Waals surface area contributed by atoms with Gasteiger partial charge in [0.05, 0.1) is 19.7 Å². The highest BCUT2D eigenvalue weighted by atomic mass is 16.5. The van der Waals surface area contributed by atoms with E-state index in [-0.39, 0.29) is 25.0 Å². The fourth-order valence-electron chi connectivity index (χ4n) is 3.54. The van der Waals surface area contributed by atoms with E-state index in [1.165, 1.54) is 0 Å². The van der Waals surface area contributed by atoms with Gasteiger partial charge in [-0.25, -0.2) is 0 Å². The van der Waals surface area contributed by atoms with Gasteiger partial charge < -0.3 is 19.0 Å². The van der Waals surface area contributed by atoms with Gasteiger partial charge in [-0.2, -0.15) is 0 Å². The summed E-state index contributed by atoms with van der Waals surface area (Å²) in [5.74, 6) is 1.21. The Kier molecular flexibility index (Phi) is 9.27. The zero-order chi connectivity index (χ0) is 23.5. The summed E-state index contributed by atoms with van der Waals surface area (Å²) >= 11 is 0. The van der Waals surface area contributed by atoms with Crippen molar-refractivity contribution in [1.82, 2.24) is 9.80 Å². The highest BCUT2D eigenvalue weighted by Gasteiger charge is 2.22. The molecule has 0 radical (unpaired) electrons. The number of aryl methyl sites for hydroxylation is 1. The number of hydrogen-bond acceptors (Lipinski definition) is 4. The molecule has 0 atom stereocenters. The van der Waals surface area contributed by atoms with Crippen LogP contribution < -0.4 is 0 Å². The van der Waals surface area contributed by atoms with Crippen molar-refractivity contribution in [2.75, 3.05) is 19.7 Å². The highest BCUT2D eigenvalue weighted by molar-refractivity contribution is 5.85. The first kappa shape index (κ1) is 24.3. The van der Waals surface area contributed by atoms with Crippen molar-refractivity contribution in [3.63, 3.8) is 0 Å². The summed E-state index contributed by atoms with van der Waals surface area (Å²) in [6.07, 6.45) is 0.758. The summed E-state index contributed by atoms with van der Waals surface area (Å²) in [6, 6.07) is 23.3. The van der Waals surface area contributed by atoms with Gasteiger partial charge in [-0.15, -0.1) is 0 Å². The zero-order valence-corrected chi connectivity index (χ0v) is 19.4. The molecule has 33 heavy (non-hydrogen) atoms. The predicted octanol–water partition coefficient (Wildman–Crippen LogP) is 4.57. The zero-order valence-electron chi connectivity index (χ0n) is 19.4. The van der Waals surface area contributed by atoms with E-state index < -0.39 is 0 Å². The molecule has 0 saturated carbocycles. The van der Waals surface area contributed by atoms with Crippen molar-refractivity contribution < 1.29 is 18.7 Å². The van der Waals surface area contributed by atoms with Crippen molar-refractivity contribution >= 4 is 11.8 Å². The summed E-state index contributed by atoms with van der Waals surface area (Å²) in [6.45, 7) is 5.47. The first-order valence-electron chi connectivity index (χ1n) is 11.3. The van der Waals surface area contributed by atoms with Crippen LogP contribution in [0.2, 0.25) is 0 Å². The van der Waals surface area contributed by atoms with Crippen LogP contribution in [-0.4, -0.2) is 41.3 Å². The number of carbonyl (C=O) groups excluding carboxylic acids is 2. The maximum absolute atomic E-state index is 13.3. The standard InChI is InChI=1S/C27H32N2O4/c1-3-16-28(27(31)21-32-20-24-12-8-5-9-13-24)19-26(30)29(17-23-10-6-4-7-11-23)18-25-15-14-22(2)33-25/h4-15H,3,16-21H2,1-2H3. The molecule has 2 amide bonds. The molecule has 0 N–H and O–H groups in total. The molecule has 3 rings (SSSR count). The van der Waals surface area contributed by atoms with E-state index in [1.807, 2.05) is 86.6 Å². The molecule has 6 heteroatoms. The lowest BCUT2D eigenvalue weighted by Crippen LogP contribution is -2.44. The van der Waals surface area contributed by atoms with Gasteiger partial charge in [0.15, 0.2) is 0 Å². The van der Waals surface area contributed by atoms with Crippen LogP contribution >= 0.6 is 0 Å². The van der Waals surface area contributed by atoms with Gasteiger partial charge in [0, 0.05) is 13.1 Å². The number of benzene rings is 2. The number of rotatable bonds is 12. The second-order valence-corrected chi connectivity index (χ2v) is 8.04. The van der Waals surface area contributed by atoms with Gasteiger partial charge in [0.1, 0.15) is 18.1 Å². The van der Waals surface area contributed by atoms with Crippen molar-refractivity contribution in [1.29, 1.82) is 0 Å². The number of amides is 2. The molecule has 6 nitrogen and oxygen atoms in total. The Bertz CT molecular complexity index is 1000. The number of hydrogen-bond donors (Lipinski definition) is 0. The van der Waals surface area contributed by atoms with E-state index in [0.717, 1.165) is 29.1 Å². The predicted molar refractivity (Wildman–Crippen MR) is 127 cm³/mol. The van der Waals surface area contributed by atoms with Crippen LogP contribution in [0.15, 0.2) is 77.2 Å². The van der Waals surface area contributed by atoms with Crippen molar-refractivity contribution in [2.24, 2.45) is 0 Å². The third kappa shape index (κ3) is 7.91. The first-order chi connectivity index (χ1) is 16.0. The molecule has 0 aliphatic rings. The summed E-state index contributed by atoms with van der Waals surface area (Å²) in [5, 5.41) is 0. The third-order valence-electron chi connectivity index (χ3n) is 5.22. The van der Waals surface area contributed by atoms with Gasteiger partial charge in [0.25, 0.3) is 0 Å². The van der Waals surface area contributed by atoms with Crippen LogP contribution in [0.4, 0.5) is 0 Å². The topological polar surface area (TPSA) is 63.0 Å². The Labute approximate surface area is 195 Å². The van der Waals surface area contributed by atoms with Crippen LogP contribution in [0, 0.1) is 6.92 Å². The second-order valence-electron chi connectivity index (χ2n) is 8.04. The number of furan rings is 1. The molecule has 0 aliphatic carbocycles. The summed E-state index contributed by atoms with van der Waals surface area (Å²) in [4.78, 5) is 29.4. The van der Waals surface area contributed by atoms with E-state index in [1.54, 1.807) is 9.80 Å². The lowest BCUT2D eigenvalue weighted by molar-refractivity contribution is -0.144. The molecule has 2 aromatic carbocycles. The minimum absolute atomic E-state index is 0.00783. The maximum atomic E-state index is 13.3. The fourth-order valence-corrected chi connectivity index (χ4v) is 3.54. The van der Waals surface area contributed by atoms with Crippen LogP contribution in [-0.2, 0) is 34.0 Å². The van der Waals surface area contributed by atoms with E-state index in [9.17, 15) is 9.59 Å². The van der Waals surface area contributed by atoms with E-state index >= 15 is 0 Å². The molecule has 0 bridgehead atoms. The van der Waals surface area contributed by atoms with Crippen LogP contribution in [0.1, 0.15) is 36.0 Å². The lowest BCUT2D eigenvalue weighted by atomic mass is 10.2. The molecular weight excluding hydrogens is 416 g/mol. The second kappa shape index (κ2) is 12.6. The molecule has 0 spiro atoms. The molecular formula is C27H32N2O4. The minimum atomic E-state index is -0.186. The Morgan fingerprint density at radius 2 is 1.48 bits per heavy atom. The Hall–Kier alpha value is -3.38. The molecule has 1 aromatic heterocycles. The van der Waals surface area contributed by atoms with Gasteiger partial charge in [0.2, 0.25) is 11.8 Å². The Balaban J connectivity index is 1.63. The molecule has 0 unspecified atom stereocenters. The average molecular weight is 449 g/mol. The largest absolute Gasteiger partial charge is 0.464 e. The molecule has 3 aromatic rings. The van der Waals surface area contributed by atoms with Crippen LogP contribution in [0.5, 0.6) is 0 Å². The molecule has 0 fully saturated rings. The molecule has 1 heterocycles. The normalized spacial score (nSPS) is 10.7. The molecule has 0 saturated heterocycles. The number of nitrogens with zero attached hydrogens (tertiary/aromatic N) is 2. The maximum Gasteiger partial charge on any atom is 0.249 e. The van der Waals surface area contributed by atoms with Gasteiger partial charge >= 0.3 is 0 Å². The average Bonchev–Trinajstić information content (AvgIpc) is 3.24. The fraction of sp³-hybridized carbons (Fsp3) is 0.333. The van der Waals surface area contributed by atoms with Crippen LogP contribution in [0.3, 0.4) is 0 Å². The SMILES string of the molecule is CCCN(CC(=O)N(Cc1ccccc1)Cc1ccc(C)o1)C(=O)COCc1ccccc1. The lowest BCUT2D eigenvalue weighted by Gasteiger charge is -2.27. The Morgan fingerprint density at radius 3 is 2.09 bits per heavy atom. The highest BCUT2D eigenvalue weighted by Crippen LogP contribution is 2.14. The van der Waals surface area contributed by atoms with Gasteiger partial charge in [-0.05, 0) is 36.6 Å². The first-order valence-corrected chi connectivity index (χ1v) is 11.3. The number of ether oxygens (including phenoxy) is 1. The van der Waals surface area contributed by atoms with Crippen molar-refractivity contribution in [2.45, 2.75) is 40.0 Å². The third-order valence-corrected chi connectivity index (χ3v) is 5.22. The van der Waals surface area contributed by atoms with Gasteiger partial charge in [-0.1, -0.05) is 67.6 Å². The van der Waals surface area contributed by atoms with E-state index in [0.29, 0.717) is 26.2 Å². The van der Waals surface area contributed by atoms with Gasteiger partial charge in [-0.3, -0.25) is 9.59 Å². The summed E-state index contributed by atoms with van der Waals surface area (Å²) in [5.41, 5.74) is 2.03. The molecule has 174 valence electrons. The summed E-state index contributed by atoms with van der Waals surface area (Å²) in [7, 11) is 0. The quantitative estimate of drug-likeness (QED) is 0.407. The Morgan fingerprint density at radius 1 is 0.818 bits per heavy atom. The monoisotopic (exact) mass is 448 g/mol. The van der Waals surface area contributed by atoms with Crippen molar-refractivity contribution in [3.05, 3.63) is 95.4 Å². The number of carbonyl (C=O) groups is 2. The van der Waals surface area contributed by atoms with E-state index in [2.05, 4.69) is 0 Å². The van der Waals surface area contributed by atoms with Crippen LogP contribution in [0.25, 0.3) is 0 Å². The smallest absolute Gasteiger partial charge is 0.249 e.